The van der Waals surface area contributed by atoms with Crippen LogP contribution in [-0.4, -0.2) is 88.2 Å². The van der Waals surface area contributed by atoms with Gasteiger partial charge in [0.05, 0.1) is 17.8 Å². The number of hydrogen-bond acceptors (Lipinski definition) is 9. The minimum Gasteiger partial charge on any atom is -0.507 e. The van der Waals surface area contributed by atoms with Crippen LogP contribution >= 0.6 is 0 Å². The van der Waals surface area contributed by atoms with Gasteiger partial charge in [0, 0.05) is 50.7 Å². The monoisotopic (exact) mass is 462 g/mol. The molecule has 4 N–H and O–H groups in total. The van der Waals surface area contributed by atoms with Crippen molar-refractivity contribution in [1.29, 1.82) is 0 Å². The molecule has 3 heterocycles. The van der Waals surface area contributed by atoms with Gasteiger partial charge in [0.15, 0.2) is 5.43 Å². The fourth-order valence-electron chi connectivity index (χ4n) is 5.21. The summed E-state index contributed by atoms with van der Waals surface area (Å²) in [6, 6.07) is 0.303. The predicted octanol–water partition coefficient (Wildman–Crippen LogP) is 0.967. The van der Waals surface area contributed by atoms with Crippen LogP contribution in [0.15, 0.2) is 15.3 Å². The van der Waals surface area contributed by atoms with Crippen molar-refractivity contribution >= 4 is 16.9 Å². The van der Waals surface area contributed by atoms with Crippen LogP contribution in [0, 0.1) is 6.92 Å². The predicted molar refractivity (Wildman–Crippen MR) is 119 cm³/mol. The summed E-state index contributed by atoms with van der Waals surface area (Å²) in [6.07, 6.45) is -0.463. The van der Waals surface area contributed by atoms with E-state index in [1.807, 2.05) is 7.05 Å². The second kappa shape index (κ2) is 8.94. The Hall–Kier alpha value is -2.66. The van der Waals surface area contributed by atoms with Crippen molar-refractivity contribution in [1.82, 2.24) is 9.80 Å². The summed E-state index contributed by atoms with van der Waals surface area (Å²) in [4.78, 5) is 28.2. The van der Waals surface area contributed by atoms with E-state index in [1.165, 1.54) is 11.0 Å². The number of hydrogen-bond donors (Lipinski definition) is 4. The zero-order valence-electron chi connectivity index (χ0n) is 18.9. The minimum absolute atomic E-state index is 0.0410. The van der Waals surface area contributed by atoms with Gasteiger partial charge >= 0.3 is 5.97 Å². The maximum atomic E-state index is 12.9. The quantitative estimate of drug-likeness (QED) is 0.507. The lowest BCUT2D eigenvalue weighted by Gasteiger charge is -2.37. The van der Waals surface area contributed by atoms with Crippen molar-refractivity contribution in [3.63, 3.8) is 0 Å². The summed E-state index contributed by atoms with van der Waals surface area (Å²) in [5.41, 5.74) is 0.0893. The lowest BCUT2D eigenvalue weighted by atomic mass is 9.84. The highest BCUT2D eigenvalue weighted by molar-refractivity contribution is 5.90. The van der Waals surface area contributed by atoms with Gasteiger partial charge in [0.1, 0.15) is 34.3 Å². The number of β-amino-alcohol motifs (C(OH)–C–C–N with tert-alkyl or cyclic N) is 1. The fraction of sp³-hybridized carbons (Fsp3) is 0.565. The number of aryl methyl sites for hydroxylation is 1. The maximum absolute atomic E-state index is 12.9. The topological polar surface area (TPSA) is 144 Å². The first kappa shape index (κ1) is 23.5. The van der Waals surface area contributed by atoms with E-state index < -0.39 is 29.3 Å². The molecule has 2 aromatic rings. The zero-order chi connectivity index (χ0) is 24.0. The average Bonchev–Trinajstić information content (AvgIpc) is 3.12. The van der Waals surface area contributed by atoms with Crippen molar-refractivity contribution in [2.45, 2.75) is 50.5 Å². The Morgan fingerprint density at radius 2 is 2.00 bits per heavy atom. The van der Waals surface area contributed by atoms with Gasteiger partial charge in [0.2, 0.25) is 0 Å². The molecule has 0 amide bonds. The highest BCUT2D eigenvalue weighted by atomic mass is 16.5. The molecule has 0 spiro atoms. The van der Waals surface area contributed by atoms with Gasteiger partial charge in [-0.05, 0) is 26.9 Å². The lowest BCUT2D eigenvalue weighted by molar-refractivity contribution is -0.142. The Labute approximate surface area is 190 Å². The molecule has 0 aliphatic carbocycles. The number of nitrogens with zero attached hydrogens (tertiary/aromatic N) is 2. The number of piperidine rings is 1. The number of aromatic hydroxyl groups is 2. The standard InChI is InChI=1S/C23H30N2O8/c1-11-6-16(27)19-21(29)14(9-25-8-12(26)7-15(25)23(30)31)20(28)18(22(19)33-11)13-4-5-24(2)10-17(13)32-3/h6,12-13,15,17,26,28-29H,4-5,7-10H2,1-3H3,(H,30,31). The maximum Gasteiger partial charge on any atom is 0.321 e. The minimum atomic E-state index is -1.10. The van der Waals surface area contributed by atoms with Gasteiger partial charge in [-0.15, -0.1) is 0 Å². The van der Waals surface area contributed by atoms with Crippen molar-refractivity contribution in [2.75, 3.05) is 33.8 Å². The molecule has 10 heteroatoms. The number of aliphatic hydroxyl groups is 1. The normalized spacial score (nSPS) is 26.8. The van der Waals surface area contributed by atoms with Crippen LogP contribution in [0.4, 0.5) is 0 Å². The summed E-state index contributed by atoms with van der Waals surface area (Å²) >= 11 is 0. The number of fused-ring (bicyclic) bond motifs is 1. The Morgan fingerprint density at radius 1 is 1.27 bits per heavy atom. The molecule has 33 heavy (non-hydrogen) atoms. The van der Waals surface area contributed by atoms with E-state index in [0.29, 0.717) is 24.3 Å². The van der Waals surface area contributed by atoms with Crippen LogP contribution in [0.25, 0.3) is 11.0 Å². The number of phenolic OH excluding ortho intramolecular Hbond substituents is 2. The number of ether oxygens (including phenoxy) is 1. The molecule has 2 aliphatic heterocycles. The third-order valence-electron chi connectivity index (χ3n) is 6.84. The van der Waals surface area contributed by atoms with E-state index in [-0.39, 0.29) is 53.8 Å². The highest BCUT2D eigenvalue weighted by Gasteiger charge is 2.39. The molecule has 10 nitrogen and oxygen atoms in total. The molecule has 4 rings (SSSR count). The van der Waals surface area contributed by atoms with E-state index in [0.717, 1.165) is 6.54 Å². The number of carboxylic acid groups (broad SMARTS) is 1. The molecule has 0 saturated carbocycles. The second-order valence-corrected chi connectivity index (χ2v) is 9.12. The number of likely N-dealkylation sites (N-methyl/N-ethyl adjacent to an activating group) is 1. The van der Waals surface area contributed by atoms with Crippen LogP contribution < -0.4 is 5.43 Å². The number of likely N-dealkylation sites (tertiary alicyclic amines) is 2. The van der Waals surface area contributed by atoms with Crippen LogP contribution in [-0.2, 0) is 16.1 Å². The molecule has 1 aromatic heterocycles. The third kappa shape index (κ3) is 4.19. The van der Waals surface area contributed by atoms with Crippen molar-refractivity contribution < 1.29 is 34.4 Å². The molecule has 2 aliphatic rings. The van der Waals surface area contributed by atoms with Crippen LogP contribution in [0.5, 0.6) is 11.5 Å². The first-order valence-corrected chi connectivity index (χ1v) is 11.0. The molecule has 0 bridgehead atoms. The number of aliphatic carboxylic acids is 1. The van der Waals surface area contributed by atoms with E-state index in [2.05, 4.69) is 4.90 Å². The summed E-state index contributed by atoms with van der Waals surface area (Å²) < 4.78 is 11.6. The van der Waals surface area contributed by atoms with Crippen molar-refractivity contribution in [3.8, 4) is 11.5 Å². The van der Waals surface area contributed by atoms with Crippen LogP contribution in [0.3, 0.4) is 0 Å². The van der Waals surface area contributed by atoms with Crippen LogP contribution in [0.2, 0.25) is 0 Å². The van der Waals surface area contributed by atoms with E-state index in [1.54, 1.807) is 14.0 Å². The fourth-order valence-corrected chi connectivity index (χ4v) is 5.21. The Balaban J connectivity index is 1.92. The average molecular weight is 462 g/mol. The Kier molecular flexibility index (Phi) is 6.37. The van der Waals surface area contributed by atoms with Gasteiger partial charge < -0.3 is 34.5 Å². The van der Waals surface area contributed by atoms with Gasteiger partial charge in [-0.25, -0.2) is 0 Å². The molecule has 2 saturated heterocycles. The number of aliphatic hydroxyl groups excluding tert-OH is 1. The first-order chi connectivity index (χ1) is 15.6. The summed E-state index contributed by atoms with van der Waals surface area (Å²) in [5.74, 6) is -1.74. The summed E-state index contributed by atoms with van der Waals surface area (Å²) in [5, 5.41) is 42.0. The number of phenols is 2. The molecule has 180 valence electrons. The molecule has 2 fully saturated rings. The van der Waals surface area contributed by atoms with Gasteiger partial charge in [0.25, 0.3) is 0 Å². The van der Waals surface area contributed by atoms with E-state index in [9.17, 15) is 30.0 Å². The molecular weight excluding hydrogens is 432 g/mol. The SMILES string of the molecule is COC1CN(C)CCC1c1c(O)c(CN2CC(O)CC2C(=O)O)c(O)c2c(=O)cc(C)oc12. The second-order valence-electron chi connectivity index (χ2n) is 9.12. The molecule has 4 atom stereocenters. The van der Waals surface area contributed by atoms with E-state index >= 15 is 0 Å². The molecule has 4 unspecified atom stereocenters. The Bertz CT molecular complexity index is 1130. The first-order valence-electron chi connectivity index (χ1n) is 11.0. The molecule has 1 aromatic carbocycles. The largest absolute Gasteiger partial charge is 0.507 e. The van der Waals surface area contributed by atoms with Crippen molar-refractivity contribution in [2.24, 2.45) is 0 Å². The highest BCUT2D eigenvalue weighted by Crippen LogP contribution is 2.46. The summed E-state index contributed by atoms with van der Waals surface area (Å²) in [7, 11) is 3.55. The summed E-state index contributed by atoms with van der Waals surface area (Å²) in [6.45, 7) is 2.88. The zero-order valence-corrected chi connectivity index (χ0v) is 18.9. The molecular formula is C23H30N2O8. The van der Waals surface area contributed by atoms with Gasteiger partial charge in [-0.1, -0.05) is 0 Å². The van der Waals surface area contributed by atoms with Crippen molar-refractivity contribution in [3.05, 3.63) is 33.2 Å². The van der Waals surface area contributed by atoms with Crippen LogP contribution in [0.1, 0.15) is 35.6 Å². The number of rotatable bonds is 5. The Morgan fingerprint density at radius 3 is 2.67 bits per heavy atom. The smallest absolute Gasteiger partial charge is 0.321 e. The van der Waals surface area contributed by atoms with E-state index in [4.69, 9.17) is 9.15 Å². The number of methoxy groups -OCH3 is 1. The number of benzene rings is 1. The molecule has 0 radical (unpaired) electrons. The third-order valence-corrected chi connectivity index (χ3v) is 6.84. The van der Waals surface area contributed by atoms with Gasteiger partial charge in [-0.3, -0.25) is 14.5 Å². The number of carboxylic acids is 1. The number of carbonyl (C=O) groups is 1. The lowest BCUT2D eigenvalue weighted by Crippen LogP contribution is -2.41. The van der Waals surface area contributed by atoms with Gasteiger partial charge in [-0.2, -0.15) is 0 Å².